The summed E-state index contributed by atoms with van der Waals surface area (Å²) >= 11 is 0. The van der Waals surface area contributed by atoms with Gasteiger partial charge >= 0.3 is 0 Å². The molecule has 2 aromatic rings. The van der Waals surface area contributed by atoms with E-state index in [1.54, 1.807) is 46.2 Å². The maximum atomic E-state index is 13.4. The normalized spacial score (nSPS) is 14.3. The summed E-state index contributed by atoms with van der Waals surface area (Å²) in [5, 5.41) is 0. The largest absolute Gasteiger partial charge is 0.497 e. The van der Waals surface area contributed by atoms with E-state index in [0.29, 0.717) is 37.6 Å². The van der Waals surface area contributed by atoms with Crippen LogP contribution >= 0.6 is 0 Å². The van der Waals surface area contributed by atoms with Crippen molar-refractivity contribution in [1.82, 2.24) is 9.80 Å². The summed E-state index contributed by atoms with van der Waals surface area (Å²) in [5.74, 6) is 0.234. The molecule has 1 aliphatic rings. The summed E-state index contributed by atoms with van der Waals surface area (Å²) in [6.45, 7) is 3.21. The van der Waals surface area contributed by atoms with Gasteiger partial charge in [0, 0.05) is 26.2 Å². The highest BCUT2D eigenvalue weighted by molar-refractivity contribution is 7.92. The zero-order chi connectivity index (χ0) is 21.7. The van der Waals surface area contributed by atoms with Crippen LogP contribution in [0, 0.1) is 6.92 Å². The number of amides is 2. The van der Waals surface area contributed by atoms with Crippen LogP contribution in [0.25, 0.3) is 0 Å². The molecular weight excluding hydrogens is 406 g/mol. The molecule has 0 atom stereocenters. The van der Waals surface area contributed by atoms with Crippen LogP contribution in [-0.2, 0) is 19.6 Å². The molecule has 9 heteroatoms. The Kier molecular flexibility index (Phi) is 6.61. The quantitative estimate of drug-likeness (QED) is 0.620. The Morgan fingerprint density at radius 1 is 1.03 bits per heavy atom. The zero-order valence-corrected chi connectivity index (χ0v) is 17.8. The van der Waals surface area contributed by atoms with E-state index < -0.39 is 10.0 Å². The van der Waals surface area contributed by atoms with Crippen molar-refractivity contribution in [2.24, 2.45) is 0 Å². The number of ether oxygens (including phenoxy) is 1. The van der Waals surface area contributed by atoms with E-state index in [1.807, 2.05) is 6.92 Å². The number of benzene rings is 2. The van der Waals surface area contributed by atoms with Crippen LogP contribution in [0.4, 0.5) is 5.69 Å². The van der Waals surface area contributed by atoms with Crippen molar-refractivity contribution < 1.29 is 22.7 Å². The molecule has 0 bridgehead atoms. The number of anilines is 1. The van der Waals surface area contributed by atoms with Gasteiger partial charge in [0.1, 0.15) is 12.3 Å². The van der Waals surface area contributed by atoms with Gasteiger partial charge in [0.25, 0.3) is 10.0 Å². The number of piperazine rings is 1. The molecule has 0 radical (unpaired) electrons. The standard InChI is InChI=1S/C21H25N3O5S/c1-17-3-5-18(6-4-17)24(15-21(26)23-13-11-22(16-25)12-14-23)30(27,28)20-9-7-19(29-2)8-10-20/h3-10,16H,11-15H2,1-2H3. The fraction of sp³-hybridized carbons (Fsp3) is 0.333. The summed E-state index contributed by atoms with van der Waals surface area (Å²) < 4.78 is 33.0. The van der Waals surface area contributed by atoms with E-state index in [0.717, 1.165) is 16.3 Å². The van der Waals surface area contributed by atoms with Crippen molar-refractivity contribution in [1.29, 1.82) is 0 Å². The van der Waals surface area contributed by atoms with Crippen molar-refractivity contribution in [3.63, 3.8) is 0 Å². The molecule has 160 valence electrons. The fourth-order valence-corrected chi connectivity index (χ4v) is 4.61. The molecule has 0 unspecified atom stereocenters. The van der Waals surface area contributed by atoms with E-state index in [-0.39, 0.29) is 17.3 Å². The van der Waals surface area contributed by atoms with Gasteiger partial charge < -0.3 is 14.5 Å². The van der Waals surface area contributed by atoms with Crippen LogP contribution in [0.3, 0.4) is 0 Å². The van der Waals surface area contributed by atoms with E-state index >= 15 is 0 Å². The second-order valence-corrected chi connectivity index (χ2v) is 8.91. The molecule has 3 rings (SSSR count). The predicted molar refractivity (Wildman–Crippen MR) is 113 cm³/mol. The van der Waals surface area contributed by atoms with Gasteiger partial charge in [0.2, 0.25) is 12.3 Å². The molecule has 1 fully saturated rings. The maximum absolute atomic E-state index is 13.4. The molecule has 8 nitrogen and oxygen atoms in total. The topological polar surface area (TPSA) is 87.2 Å². The average molecular weight is 432 g/mol. The molecule has 2 aromatic carbocycles. The van der Waals surface area contributed by atoms with Crippen LogP contribution in [0.1, 0.15) is 5.56 Å². The van der Waals surface area contributed by atoms with Crippen molar-refractivity contribution >= 4 is 28.0 Å². The lowest BCUT2D eigenvalue weighted by Gasteiger charge is -2.34. The number of sulfonamides is 1. The van der Waals surface area contributed by atoms with E-state index in [2.05, 4.69) is 0 Å². The number of carbonyl (C=O) groups excluding carboxylic acids is 2. The highest BCUT2D eigenvalue weighted by atomic mass is 32.2. The SMILES string of the molecule is COc1ccc(S(=O)(=O)N(CC(=O)N2CCN(C=O)CC2)c2ccc(C)cc2)cc1. The first-order chi connectivity index (χ1) is 14.3. The fourth-order valence-electron chi connectivity index (χ4n) is 3.20. The van der Waals surface area contributed by atoms with Gasteiger partial charge in [-0.15, -0.1) is 0 Å². The molecule has 0 spiro atoms. The van der Waals surface area contributed by atoms with Crippen LogP contribution in [-0.4, -0.2) is 70.4 Å². The van der Waals surface area contributed by atoms with Gasteiger partial charge in [-0.2, -0.15) is 0 Å². The summed E-state index contributed by atoms with van der Waals surface area (Å²) in [6, 6.07) is 13.0. The first-order valence-corrected chi connectivity index (χ1v) is 11.0. The van der Waals surface area contributed by atoms with Gasteiger partial charge in [0.15, 0.2) is 0 Å². The lowest BCUT2D eigenvalue weighted by Crippen LogP contribution is -2.51. The zero-order valence-electron chi connectivity index (χ0n) is 17.0. The number of hydrogen-bond acceptors (Lipinski definition) is 5. The average Bonchev–Trinajstić information content (AvgIpc) is 2.78. The third kappa shape index (κ3) is 4.73. The Bertz CT molecular complexity index is 982. The van der Waals surface area contributed by atoms with Crippen molar-refractivity contribution in [3.05, 3.63) is 54.1 Å². The summed E-state index contributed by atoms with van der Waals surface area (Å²) in [5.41, 5.74) is 1.40. The molecule has 0 N–H and O–H groups in total. The number of aryl methyl sites for hydroxylation is 1. The van der Waals surface area contributed by atoms with Crippen molar-refractivity contribution in [2.45, 2.75) is 11.8 Å². The Hall–Kier alpha value is -3.07. The van der Waals surface area contributed by atoms with E-state index in [4.69, 9.17) is 4.74 Å². The Balaban J connectivity index is 1.89. The highest BCUT2D eigenvalue weighted by Crippen LogP contribution is 2.25. The molecule has 0 aromatic heterocycles. The third-order valence-electron chi connectivity index (χ3n) is 5.06. The Morgan fingerprint density at radius 3 is 2.17 bits per heavy atom. The van der Waals surface area contributed by atoms with Gasteiger partial charge in [-0.1, -0.05) is 17.7 Å². The van der Waals surface area contributed by atoms with Crippen LogP contribution in [0.5, 0.6) is 5.75 Å². The molecule has 1 heterocycles. The van der Waals surface area contributed by atoms with Crippen LogP contribution in [0.2, 0.25) is 0 Å². The lowest BCUT2D eigenvalue weighted by molar-refractivity contribution is -0.133. The van der Waals surface area contributed by atoms with Gasteiger partial charge in [-0.25, -0.2) is 8.42 Å². The van der Waals surface area contributed by atoms with Crippen LogP contribution < -0.4 is 9.04 Å². The number of hydrogen-bond donors (Lipinski definition) is 0. The Morgan fingerprint density at radius 2 is 1.63 bits per heavy atom. The van der Waals surface area contributed by atoms with Crippen molar-refractivity contribution in [3.8, 4) is 5.75 Å². The summed E-state index contributed by atoms with van der Waals surface area (Å²) in [4.78, 5) is 27.1. The summed E-state index contributed by atoms with van der Waals surface area (Å²) in [7, 11) is -2.47. The van der Waals surface area contributed by atoms with E-state index in [9.17, 15) is 18.0 Å². The number of rotatable bonds is 7. The monoisotopic (exact) mass is 431 g/mol. The molecule has 30 heavy (non-hydrogen) atoms. The number of methoxy groups -OCH3 is 1. The third-order valence-corrected chi connectivity index (χ3v) is 6.85. The molecule has 1 aliphatic heterocycles. The lowest BCUT2D eigenvalue weighted by atomic mass is 10.2. The minimum atomic E-state index is -3.98. The van der Waals surface area contributed by atoms with Gasteiger partial charge in [0.05, 0.1) is 17.7 Å². The predicted octanol–water partition coefficient (Wildman–Crippen LogP) is 1.50. The molecule has 1 saturated heterocycles. The Labute approximate surface area is 176 Å². The van der Waals surface area contributed by atoms with E-state index in [1.165, 1.54) is 19.2 Å². The molecule has 0 saturated carbocycles. The second-order valence-electron chi connectivity index (χ2n) is 7.04. The van der Waals surface area contributed by atoms with Gasteiger partial charge in [-0.05, 0) is 43.3 Å². The number of nitrogens with zero attached hydrogens (tertiary/aromatic N) is 3. The first-order valence-electron chi connectivity index (χ1n) is 9.56. The van der Waals surface area contributed by atoms with Crippen LogP contribution in [0.15, 0.2) is 53.4 Å². The van der Waals surface area contributed by atoms with Gasteiger partial charge in [-0.3, -0.25) is 13.9 Å². The first kappa shape index (κ1) is 21.6. The highest BCUT2D eigenvalue weighted by Gasteiger charge is 2.30. The summed E-state index contributed by atoms with van der Waals surface area (Å²) in [6.07, 6.45) is 0.758. The maximum Gasteiger partial charge on any atom is 0.264 e. The smallest absolute Gasteiger partial charge is 0.264 e. The minimum absolute atomic E-state index is 0.0717. The van der Waals surface area contributed by atoms with Crippen molar-refractivity contribution in [2.75, 3.05) is 44.1 Å². The number of carbonyl (C=O) groups is 2. The molecular formula is C21H25N3O5S. The second kappa shape index (κ2) is 9.17. The minimum Gasteiger partial charge on any atom is -0.497 e. The molecule has 2 amide bonds. The molecule has 0 aliphatic carbocycles.